The maximum Gasteiger partial charge on any atom is 0.249 e. The van der Waals surface area contributed by atoms with Crippen LogP contribution in [-0.2, 0) is 0 Å². The maximum absolute atomic E-state index is 4.51. The highest BCUT2D eigenvalue weighted by Crippen LogP contribution is 2.19. The summed E-state index contributed by atoms with van der Waals surface area (Å²) in [4.78, 5) is 8.67. The largest absolute Gasteiger partial charge is 0.378 e. The number of nitrogens with one attached hydrogen (secondary N) is 1. The van der Waals surface area contributed by atoms with Gasteiger partial charge in [0.05, 0.1) is 6.20 Å². The fraction of sp³-hybridized carbons (Fsp3) is 0.438. The molecule has 1 heterocycles. The lowest BCUT2D eigenvalue weighted by Gasteiger charge is -2.17. The van der Waals surface area contributed by atoms with Crippen LogP contribution >= 0.6 is 0 Å². The molecule has 0 unspecified atom stereocenters. The number of aromatic nitrogens is 3. The first kappa shape index (κ1) is 16.0. The number of anilines is 4. The van der Waals surface area contributed by atoms with Crippen molar-refractivity contribution in [3.63, 3.8) is 0 Å². The highest BCUT2D eigenvalue weighted by atomic mass is 15.3. The van der Waals surface area contributed by atoms with Gasteiger partial charge in [0.2, 0.25) is 5.95 Å². The van der Waals surface area contributed by atoms with Gasteiger partial charge in [-0.2, -0.15) is 10.1 Å². The zero-order valence-electron chi connectivity index (χ0n) is 13.7. The van der Waals surface area contributed by atoms with Crippen LogP contribution in [0.25, 0.3) is 0 Å². The van der Waals surface area contributed by atoms with Gasteiger partial charge in [0, 0.05) is 39.1 Å². The predicted molar refractivity (Wildman–Crippen MR) is 92.1 cm³/mol. The molecule has 22 heavy (non-hydrogen) atoms. The summed E-state index contributed by atoms with van der Waals surface area (Å²) in [7, 11) is 6.06. The summed E-state index contributed by atoms with van der Waals surface area (Å²) in [5.41, 5.74) is 2.10. The van der Waals surface area contributed by atoms with Crippen LogP contribution in [0.3, 0.4) is 0 Å². The van der Waals surface area contributed by atoms with Crippen LogP contribution in [0.4, 0.5) is 23.1 Å². The molecule has 0 amide bonds. The quantitative estimate of drug-likeness (QED) is 0.848. The molecule has 0 bridgehead atoms. The monoisotopic (exact) mass is 300 g/mol. The second kappa shape index (κ2) is 7.59. The Balaban J connectivity index is 2.06. The summed E-state index contributed by atoms with van der Waals surface area (Å²) < 4.78 is 0. The molecule has 0 saturated carbocycles. The summed E-state index contributed by atoms with van der Waals surface area (Å²) in [6, 6.07) is 8.11. The summed E-state index contributed by atoms with van der Waals surface area (Å²) >= 11 is 0. The summed E-state index contributed by atoms with van der Waals surface area (Å²) in [6.45, 7) is 3.14. The molecule has 2 rings (SSSR count). The van der Waals surface area contributed by atoms with Crippen molar-refractivity contribution in [2.75, 3.05) is 42.8 Å². The van der Waals surface area contributed by atoms with E-state index in [1.165, 1.54) is 0 Å². The Kier molecular flexibility index (Phi) is 5.52. The van der Waals surface area contributed by atoms with E-state index in [4.69, 9.17) is 0 Å². The van der Waals surface area contributed by atoms with Crippen molar-refractivity contribution < 1.29 is 0 Å². The lowest BCUT2D eigenvalue weighted by atomic mass is 10.2. The number of hydrogen-bond donors (Lipinski definition) is 1. The van der Waals surface area contributed by atoms with Gasteiger partial charge in [0.15, 0.2) is 5.82 Å². The van der Waals surface area contributed by atoms with Crippen molar-refractivity contribution in [2.45, 2.75) is 19.8 Å². The van der Waals surface area contributed by atoms with Crippen LogP contribution in [0.1, 0.15) is 19.8 Å². The molecule has 118 valence electrons. The molecule has 0 aliphatic rings. The lowest BCUT2D eigenvalue weighted by Crippen LogP contribution is -2.20. The Morgan fingerprint density at radius 1 is 1.09 bits per heavy atom. The van der Waals surface area contributed by atoms with E-state index < -0.39 is 0 Å². The van der Waals surface area contributed by atoms with Gasteiger partial charge in [-0.15, -0.1) is 5.10 Å². The van der Waals surface area contributed by atoms with E-state index in [1.807, 2.05) is 45.4 Å². The molecule has 0 fully saturated rings. The van der Waals surface area contributed by atoms with Crippen molar-refractivity contribution >= 4 is 23.1 Å². The van der Waals surface area contributed by atoms with E-state index in [-0.39, 0.29) is 0 Å². The van der Waals surface area contributed by atoms with Crippen LogP contribution in [0, 0.1) is 0 Å². The van der Waals surface area contributed by atoms with Crippen LogP contribution in [0.15, 0.2) is 30.5 Å². The molecule has 0 saturated heterocycles. The smallest absolute Gasteiger partial charge is 0.249 e. The fourth-order valence-electron chi connectivity index (χ4n) is 2.01. The van der Waals surface area contributed by atoms with Crippen LogP contribution < -0.4 is 15.1 Å². The lowest BCUT2D eigenvalue weighted by molar-refractivity contribution is 0.754. The zero-order valence-corrected chi connectivity index (χ0v) is 13.7. The Hall–Kier alpha value is -2.37. The van der Waals surface area contributed by atoms with Gasteiger partial charge >= 0.3 is 0 Å². The van der Waals surface area contributed by atoms with Crippen LogP contribution in [0.2, 0.25) is 0 Å². The number of benzene rings is 1. The van der Waals surface area contributed by atoms with E-state index in [9.17, 15) is 0 Å². The molecule has 6 nitrogen and oxygen atoms in total. The van der Waals surface area contributed by atoms with Gasteiger partial charge in [-0.1, -0.05) is 13.3 Å². The number of unbranched alkanes of at least 4 members (excludes halogenated alkanes) is 1. The Bertz CT molecular complexity index is 581. The second-order valence-corrected chi connectivity index (χ2v) is 5.48. The highest BCUT2D eigenvalue weighted by Gasteiger charge is 2.06. The fourth-order valence-corrected chi connectivity index (χ4v) is 2.01. The van der Waals surface area contributed by atoms with Gasteiger partial charge in [-0.05, 0) is 30.7 Å². The van der Waals surface area contributed by atoms with Crippen LogP contribution in [-0.4, -0.2) is 42.9 Å². The summed E-state index contributed by atoms with van der Waals surface area (Å²) in [5, 5.41) is 11.3. The SMILES string of the molecule is CCCCN(C)c1cnnc(Nc2ccc(N(C)C)cc2)n1. The van der Waals surface area contributed by atoms with Crippen molar-refractivity contribution in [3.05, 3.63) is 30.5 Å². The summed E-state index contributed by atoms with van der Waals surface area (Å²) in [5.74, 6) is 1.34. The third kappa shape index (κ3) is 4.31. The normalized spacial score (nSPS) is 10.4. The van der Waals surface area contributed by atoms with Crippen molar-refractivity contribution in [3.8, 4) is 0 Å². The Labute approximate surface area is 132 Å². The molecular formula is C16H24N6. The molecule has 0 spiro atoms. The molecule has 1 N–H and O–H groups in total. The van der Waals surface area contributed by atoms with E-state index in [2.05, 4.69) is 37.2 Å². The minimum absolute atomic E-state index is 0.512. The van der Waals surface area contributed by atoms with Gasteiger partial charge in [0.25, 0.3) is 0 Å². The van der Waals surface area contributed by atoms with Crippen molar-refractivity contribution in [1.29, 1.82) is 0 Å². The zero-order chi connectivity index (χ0) is 15.9. The molecule has 1 aromatic carbocycles. The van der Waals surface area contributed by atoms with Crippen LogP contribution in [0.5, 0.6) is 0 Å². The molecule has 0 aliphatic heterocycles. The average molecular weight is 300 g/mol. The van der Waals surface area contributed by atoms with Gasteiger partial charge in [-0.3, -0.25) is 0 Å². The molecule has 0 atom stereocenters. The molecular weight excluding hydrogens is 276 g/mol. The molecule has 1 aromatic heterocycles. The highest BCUT2D eigenvalue weighted by molar-refractivity contribution is 5.59. The maximum atomic E-state index is 4.51. The third-order valence-electron chi connectivity index (χ3n) is 3.42. The first-order valence-corrected chi connectivity index (χ1v) is 7.55. The number of rotatable bonds is 7. The van der Waals surface area contributed by atoms with Gasteiger partial charge < -0.3 is 15.1 Å². The first-order chi connectivity index (χ1) is 10.6. The molecule has 0 aliphatic carbocycles. The topological polar surface area (TPSA) is 57.2 Å². The average Bonchev–Trinajstić information content (AvgIpc) is 2.53. The standard InChI is InChI=1S/C16H24N6/c1-5-6-11-22(4)15-12-17-20-16(19-15)18-13-7-9-14(10-8-13)21(2)3/h7-10,12H,5-6,11H2,1-4H3,(H,18,19,20). The molecule has 6 heteroatoms. The minimum Gasteiger partial charge on any atom is -0.378 e. The number of hydrogen-bond acceptors (Lipinski definition) is 6. The Morgan fingerprint density at radius 2 is 1.82 bits per heavy atom. The van der Waals surface area contributed by atoms with E-state index >= 15 is 0 Å². The van der Waals surface area contributed by atoms with Crippen molar-refractivity contribution in [1.82, 2.24) is 15.2 Å². The van der Waals surface area contributed by atoms with Gasteiger partial charge in [-0.25, -0.2) is 0 Å². The first-order valence-electron chi connectivity index (χ1n) is 7.55. The predicted octanol–water partition coefficient (Wildman–Crippen LogP) is 2.92. The number of nitrogens with zero attached hydrogens (tertiary/aromatic N) is 5. The van der Waals surface area contributed by atoms with Crippen molar-refractivity contribution in [2.24, 2.45) is 0 Å². The Morgan fingerprint density at radius 3 is 2.45 bits per heavy atom. The molecule has 2 aromatic rings. The second-order valence-electron chi connectivity index (χ2n) is 5.48. The van der Waals surface area contributed by atoms with E-state index in [0.29, 0.717) is 5.95 Å². The minimum atomic E-state index is 0.512. The van der Waals surface area contributed by atoms with Gasteiger partial charge in [0.1, 0.15) is 0 Å². The summed E-state index contributed by atoms with van der Waals surface area (Å²) in [6.07, 6.45) is 3.98. The van der Waals surface area contributed by atoms with E-state index in [0.717, 1.165) is 36.6 Å². The third-order valence-corrected chi connectivity index (χ3v) is 3.42. The molecule has 0 radical (unpaired) electrons. The van der Waals surface area contributed by atoms with E-state index in [1.54, 1.807) is 6.20 Å².